The van der Waals surface area contributed by atoms with E-state index in [0.717, 1.165) is 25.1 Å². The third kappa shape index (κ3) is 5.77. The second-order valence-electron chi connectivity index (χ2n) is 7.28. The van der Waals surface area contributed by atoms with Crippen molar-refractivity contribution in [1.29, 1.82) is 0 Å². The molecule has 4 nitrogen and oxygen atoms in total. The molecule has 7 heteroatoms. The molecule has 2 N–H and O–H groups in total. The van der Waals surface area contributed by atoms with Crippen molar-refractivity contribution >= 4 is 53.0 Å². The maximum Gasteiger partial charge on any atom is 0.323 e. The molecular formula is C21H26Cl3N3O. The van der Waals surface area contributed by atoms with Gasteiger partial charge < -0.3 is 15.5 Å². The van der Waals surface area contributed by atoms with E-state index >= 15 is 0 Å². The van der Waals surface area contributed by atoms with Gasteiger partial charge in [-0.3, -0.25) is 0 Å². The molecule has 3 rings (SSSR count). The number of hydrogen-bond donors (Lipinski definition) is 2. The van der Waals surface area contributed by atoms with Gasteiger partial charge in [-0.15, -0.1) is 12.4 Å². The first kappa shape index (κ1) is 22.8. The fraction of sp³-hybridized carbons (Fsp3) is 0.381. The molecule has 0 saturated heterocycles. The Bertz CT molecular complexity index is 827. The third-order valence-corrected chi connectivity index (χ3v) is 5.79. The Hall–Kier alpha value is -1.46. The molecular weight excluding hydrogens is 417 g/mol. The normalized spacial score (nSPS) is 15.5. The number of fused-ring (bicyclic) bond motifs is 1. The number of hydrogen-bond acceptors (Lipinski definition) is 2. The lowest BCUT2D eigenvalue weighted by Crippen LogP contribution is -2.21. The van der Waals surface area contributed by atoms with Crippen LogP contribution in [-0.2, 0) is 6.42 Å². The van der Waals surface area contributed by atoms with E-state index in [9.17, 15) is 4.79 Å². The van der Waals surface area contributed by atoms with Crippen molar-refractivity contribution in [3.63, 3.8) is 0 Å². The van der Waals surface area contributed by atoms with Gasteiger partial charge in [-0.25, -0.2) is 4.79 Å². The van der Waals surface area contributed by atoms with Gasteiger partial charge in [-0.1, -0.05) is 35.3 Å². The summed E-state index contributed by atoms with van der Waals surface area (Å²) in [4.78, 5) is 14.6. The van der Waals surface area contributed by atoms with Gasteiger partial charge in [0.1, 0.15) is 0 Å². The summed E-state index contributed by atoms with van der Waals surface area (Å²) in [5.74, 6) is 0.545. The van der Waals surface area contributed by atoms with Crippen molar-refractivity contribution in [1.82, 2.24) is 4.90 Å². The minimum absolute atomic E-state index is 0. The number of aryl methyl sites for hydroxylation is 1. The molecule has 0 bridgehead atoms. The summed E-state index contributed by atoms with van der Waals surface area (Å²) < 4.78 is 0. The fourth-order valence-electron chi connectivity index (χ4n) is 3.57. The van der Waals surface area contributed by atoms with Crippen LogP contribution in [-0.4, -0.2) is 31.6 Å². The zero-order valence-electron chi connectivity index (χ0n) is 16.1. The number of urea groups is 1. The van der Waals surface area contributed by atoms with Gasteiger partial charge in [0.2, 0.25) is 0 Å². The van der Waals surface area contributed by atoms with E-state index in [4.69, 9.17) is 23.2 Å². The molecule has 0 spiro atoms. The summed E-state index contributed by atoms with van der Waals surface area (Å²) in [6.45, 7) is 1.06. The zero-order valence-corrected chi connectivity index (χ0v) is 18.4. The molecule has 152 valence electrons. The Kier molecular flexibility index (Phi) is 8.44. The van der Waals surface area contributed by atoms with Crippen molar-refractivity contribution < 1.29 is 4.79 Å². The second-order valence-corrected chi connectivity index (χ2v) is 8.06. The van der Waals surface area contributed by atoms with Crippen LogP contribution in [0.4, 0.5) is 16.2 Å². The van der Waals surface area contributed by atoms with Crippen LogP contribution in [0, 0.1) is 0 Å². The van der Waals surface area contributed by atoms with Crippen LogP contribution in [0.15, 0.2) is 36.4 Å². The molecule has 1 aliphatic rings. The van der Waals surface area contributed by atoms with Crippen molar-refractivity contribution in [2.45, 2.75) is 31.6 Å². The summed E-state index contributed by atoms with van der Waals surface area (Å²) >= 11 is 12.1. The number of rotatable bonds is 5. The molecule has 2 aromatic rings. The topological polar surface area (TPSA) is 44.4 Å². The molecule has 0 aromatic heterocycles. The van der Waals surface area contributed by atoms with Gasteiger partial charge in [0.15, 0.2) is 0 Å². The Labute approximate surface area is 183 Å². The molecule has 28 heavy (non-hydrogen) atoms. The van der Waals surface area contributed by atoms with Crippen LogP contribution in [0.1, 0.15) is 36.3 Å². The SMILES string of the molecule is CN(C)CCC1CCCc2ccc(NC(=O)Nc3cccc(Cl)c3Cl)cc21.Cl. The second kappa shape index (κ2) is 10.4. The van der Waals surface area contributed by atoms with Crippen LogP contribution in [0.2, 0.25) is 10.0 Å². The Morgan fingerprint density at radius 1 is 1.18 bits per heavy atom. The van der Waals surface area contributed by atoms with E-state index in [2.05, 4.69) is 41.8 Å². The van der Waals surface area contributed by atoms with Crippen molar-refractivity contribution in [3.05, 3.63) is 57.6 Å². The first-order chi connectivity index (χ1) is 12.9. The minimum Gasteiger partial charge on any atom is -0.309 e. The Morgan fingerprint density at radius 3 is 2.71 bits per heavy atom. The molecule has 1 aliphatic carbocycles. The monoisotopic (exact) mass is 441 g/mol. The summed E-state index contributed by atoms with van der Waals surface area (Å²) in [5.41, 5.74) is 4.04. The molecule has 0 saturated carbocycles. The van der Waals surface area contributed by atoms with E-state index in [1.165, 1.54) is 24.0 Å². The van der Waals surface area contributed by atoms with E-state index in [1.54, 1.807) is 18.2 Å². The predicted molar refractivity (Wildman–Crippen MR) is 122 cm³/mol. The highest BCUT2D eigenvalue weighted by molar-refractivity contribution is 6.44. The summed E-state index contributed by atoms with van der Waals surface area (Å²) in [6, 6.07) is 11.0. The quantitative estimate of drug-likeness (QED) is 0.560. The highest BCUT2D eigenvalue weighted by Gasteiger charge is 2.21. The van der Waals surface area contributed by atoms with E-state index < -0.39 is 0 Å². The largest absolute Gasteiger partial charge is 0.323 e. The molecule has 0 fully saturated rings. The lowest BCUT2D eigenvalue weighted by molar-refractivity contribution is 0.262. The van der Waals surface area contributed by atoms with Crippen LogP contribution >= 0.6 is 35.6 Å². The van der Waals surface area contributed by atoms with Gasteiger partial charge in [0.05, 0.1) is 15.7 Å². The zero-order chi connectivity index (χ0) is 19.4. The van der Waals surface area contributed by atoms with E-state index in [-0.39, 0.29) is 18.4 Å². The predicted octanol–water partition coefficient (Wildman–Crippen LogP) is 6.43. The number of carbonyl (C=O) groups is 1. The lowest BCUT2D eigenvalue weighted by Gasteiger charge is -2.27. The van der Waals surface area contributed by atoms with Gasteiger partial charge in [-0.2, -0.15) is 0 Å². The van der Waals surface area contributed by atoms with Crippen LogP contribution < -0.4 is 10.6 Å². The van der Waals surface area contributed by atoms with Crippen molar-refractivity contribution in [2.75, 3.05) is 31.3 Å². The number of halogens is 3. The standard InChI is InChI=1S/C21H25Cl2N3O.ClH/c1-26(2)12-11-15-6-3-5-14-9-10-16(13-17(14)15)24-21(27)25-19-8-4-7-18(22)20(19)23;/h4,7-10,13,15H,3,5-6,11-12H2,1-2H3,(H2,24,25,27);1H. The molecule has 0 aliphatic heterocycles. The number of anilines is 2. The number of amides is 2. The number of benzene rings is 2. The van der Waals surface area contributed by atoms with E-state index in [1.807, 2.05) is 6.07 Å². The number of nitrogens with zero attached hydrogens (tertiary/aromatic N) is 1. The van der Waals surface area contributed by atoms with Crippen molar-refractivity contribution in [3.8, 4) is 0 Å². The van der Waals surface area contributed by atoms with Gasteiger partial charge in [0, 0.05) is 5.69 Å². The van der Waals surface area contributed by atoms with Crippen LogP contribution in [0.5, 0.6) is 0 Å². The summed E-state index contributed by atoms with van der Waals surface area (Å²) in [6.07, 6.45) is 4.67. The smallest absolute Gasteiger partial charge is 0.309 e. The fourth-order valence-corrected chi connectivity index (χ4v) is 3.92. The minimum atomic E-state index is -0.334. The third-order valence-electron chi connectivity index (χ3n) is 4.97. The first-order valence-corrected chi connectivity index (χ1v) is 9.99. The lowest BCUT2D eigenvalue weighted by atomic mass is 9.81. The van der Waals surface area contributed by atoms with Gasteiger partial charge in [0.25, 0.3) is 0 Å². The van der Waals surface area contributed by atoms with E-state index in [0.29, 0.717) is 21.7 Å². The maximum absolute atomic E-state index is 12.4. The van der Waals surface area contributed by atoms with Crippen LogP contribution in [0.25, 0.3) is 0 Å². The highest BCUT2D eigenvalue weighted by Crippen LogP contribution is 2.36. The van der Waals surface area contributed by atoms with Gasteiger partial charge in [-0.05, 0) is 87.6 Å². The summed E-state index contributed by atoms with van der Waals surface area (Å²) in [7, 11) is 4.21. The summed E-state index contributed by atoms with van der Waals surface area (Å²) in [5, 5.41) is 6.41. The number of nitrogens with one attached hydrogen (secondary N) is 2. The maximum atomic E-state index is 12.4. The van der Waals surface area contributed by atoms with Crippen LogP contribution in [0.3, 0.4) is 0 Å². The first-order valence-electron chi connectivity index (χ1n) is 9.23. The van der Waals surface area contributed by atoms with Gasteiger partial charge >= 0.3 is 6.03 Å². The molecule has 2 aromatic carbocycles. The number of carbonyl (C=O) groups excluding carboxylic acids is 1. The average Bonchev–Trinajstić information content (AvgIpc) is 2.63. The Balaban J connectivity index is 0.00000280. The molecule has 1 unspecified atom stereocenters. The van der Waals surface area contributed by atoms with Crippen molar-refractivity contribution in [2.24, 2.45) is 0 Å². The molecule has 1 atom stereocenters. The molecule has 0 radical (unpaired) electrons. The molecule has 0 heterocycles. The molecule has 2 amide bonds. The highest BCUT2D eigenvalue weighted by atomic mass is 35.5. The Morgan fingerprint density at radius 2 is 1.96 bits per heavy atom. The average molecular weight is 443 g/mol.